The number of benzene rings is 2. The van der Waals surface area contributed by atoms with Gasteiger partial charge in [-0.2, -0.15) is 0 Å². The molecule has 3 heteroatoms. The van der Waals surface area contributed by atoms with Crippen LogP contribution in [0.25, 0.3) is 0 Å². The number of likely N-dealkylation sites (N-methyl/N-ethyl adjacent to an activating group) is 1. The Balaban J connectivity index is 1.75. The van der Waals surface area contributed by atoms with Gasteiger partial charge in [-0.05, 0) is 34.9 Å². The number of rotatable bonds is 11. The summed E-state index contributed by atoms with van der Waals surface area (Å²) >= 11 is 0. The summed E-state index contributed by atoms with van der Waals surface area (Å²) in [6.45, 7) is 15.6. The second-order valence-corrected chi connectivity index (χ2v) is 10.9. The van der Waals surface area contributed by atoms with E-state index < -0.39 is 0 Å². The molecule has 0 heterocycles. The standard InChI is InChI=1S/C27H42NO2/c1-26(2,3)22-27(4,5)24-15-13-23(14-16-24)21-28(6,7)17-18-29-19-20-30-25-11-9-8-10-12-25/h8-16H,17-22H2,1-7H3/q+1. The largest absolute Gasteiger partial charge is 0.491 e. The van der Waals surface area contributed by atoms with Gasteiger partial charge >= 0.3 is 0 Å². The molecule has 0 aliphatic carbocycles. The van der Waals surface area contributed by atoms with Gasteiger partial charge in [0.2, 0.25) is 0 Å². The van der Waals surface area contributed by atoms with Gasteiger partial charge in [0, 0.05) is 5.56 Å². The van der Waals surface area contributed by atoms with Crippen molar-refractivity contribution >= 4 is 0 Å². The molecule has 3 nitrogen and oxygen atoms in total. The smallest absolute Gasteiger partial charge is 0.119 e. The fourth-order valence-corrected chi connectivity index (χ4v) is 4.21. The summed E-state index contributed by atoms with van der Waals surface area (Å²) in [5, 5.41) is 0. The van der Waals surface area contributed by atoms with Gasteiger partial charge in [-0.15, -0.1) is 0 Å². The van der Waals surface area contributed by atoms with Crippen LogP contribution in [0.1, 0.15) is 52.2 Å². The maximum Gasteiger partial charge on any atom is 0.119 e. The van der Waals surface area contributed by atoms with Gasteiger partial charge in [0.1, 0.15) is 25.4 Å². The average Bonchev–Trinajstić information content (AvgIpc) is 2.63. The Morgan fingerprint density at radius 2 is 1.40 bits per heavy atom. The van der Waals surface area contributed by atoms with E-state index in [-0.39, 0.29) is 5.41 Å². The maximum absolute atomic E-state index is 5.80. The highest BCUT2D eigenvalue weighted by molar-refractivity contribution is 5.28. The molecule has 0 radical (unpaired) electrons. The minimum atomic E-state index is 0.191. The molecule has 0 amide bonds. The van der Waals surface area contributed by atoms with Crippen molar-refractivity contribution < 1.29 is 14.0 Å². The zero-order valence-electron chi connectivity index (χ0n) is 20.2. The molecule has 0 bridgehead atoms. The molecule has 2 aromatic carbocycles. The molecule has 2 aromatic rings. The van der Waals surface area contributed by atoms with Crippen LogP contribution in [0.2, 0.25) is 0 Å². The molecule has 0 aromatic heterocycles. The van der Waals surface area contributed by atoms with E-state index in [0.29, 0.717) is 18.6 Å². The lowest BCUT2D eigenvalue weighted by Crippen LogP contribution is -2.41. The van der Waals surface area contributed by atoms with Crippen LogP contribution >= 0.6 is 0 Å². The van der Waals surface area contributed by atoms with Crippen LogP contribution in [0, 0.1) is 5.41 Å². The number of hydrogen-bond acceptors (Lipinski definition) is 2. The Hall–Kier alpha value is -1.84. The third-order valence-electron chi connectivity index (χ3n) is 5.40. The highest BCUT2D eigenvalue weighted by atomic mass is 16.5. The van der Waals surface area contributed by atoms with E-state index in [9.17, 15) is 0 Å². The van der Waals surface area contributed by atoms with Gasteiger partial charge in [0.25, 0.3) is 0 Å². The maximum atomic E-state index is 5.80. The molecule has 0 unspecified atom stereocenters. The zero-order chi connectivity index (χ0) is 22.3. The predicted molar refractivity (Wildman–Crippen MR) is 127 cm³/mol. The normalized spacial score (nSPS) is 12.8. The van der Waals surface area contributed by atoms with Crippen molar-refractivity contribution in [3.8, 4) is 5.75 Å². The SMILES string of the molecule is CC(C)(C)CC(C)(C)c1ccc(C[N+](C)(C)CCOCCOc2ccccc2)cc1. The minimum absolute atomic E-state index is 0.191. The molecule has 0 aliphatic heterocycles. The number of para-hydroxylation sites is 1. The summed E-state index contributed by atoms with van der Waals surface area (Å²) in [5.41, 5.74) is 3.32. The summed E-state index contributed by atoms with van der Waals surface area (Å²) < 4.78 is 12.4. The third-order valence-corrected chi connectivity index (χ3v) is 5.40. The second-order valence-electron chi connectivity index (χ2n) is 10.9. The van der Waals surface area contributed by atoms with E-state index in [1.54, 1.807) is 0 Å². The Kier molecular flexibility index (Phi) is 8.52. The lowest BCUT2D eigenvalue weighted by atomic mass is 9.72. The quantitative estimate of drug-likeness (QED) is 0.329. The number of ether oxygens (including phenoxy) is 2. The molecule has 0 spiro atoms. The summed E-state index contributed by atoms with van der Waals surface area (Å²) in [4.78, 5) is 0. The Morgan fingerprint density at radius 1 is 0.767 bits per heavy atom. The van der Waals surface area contributed by atoms with E-state index in [1.807, 2.05) is 30.3 Å². The minimum Gasteiger partial charge on any atom is -0.491 e. The number of hydrogen-bond donors (Lipinski definition) is 0. The fraction of sp³-hybridized carbons (Fsp3) is 0.556. The molecule has 0 fully saturated rings. The van der Waals surface area contributed by atoms with Crippen molar-refractivity contribution in [2.45, 2.75) is 53.0 Å². The van der Waals surface area contributed by atoms with Crippen molar-refractivity contribution in [3.63, 3.8) is 0 Å². The Bertz CT molecular complexity index is 743. The van der Waals surface area contributed by atoms with Gasteiger partial charge in [-0.3, -0.25) is 0 Å². The van der Waals surface area contributed by atoms with Gasteiger partial charge in [0.15, 0.2) is 0 Å². The summed E-state index contributed by atoms with van der Waals surface area (Å²) in [5.74, 6) is 0.895. The molecule has 0 aliphatic rings. The summed E-state index contributed by atoms with van der Waals surface area (Å²) in [7, 11) is 4.53. The third kappa shape index (κ3) is 8.89. The van der Waals surface area contributed by atoms with Crippen molar-refractivity contribution in [2.75, 3.05) is 40.5 Å². The Morgan fingerprint density at radius 3 is 2.00 bits per heavy atom. The predicted octanol–water partition coefficient (Wildman–Crippen LogP) is 6.07. The molecule has 2 rings (SSSR count). The van der Waals surface area contributed by atoms with E-state index in [2.05, 4.69) is 73.0 Å². The highest BCUT2D eigenvalue weighted by Crippen LogP contribution is 2.36. The zero-order valence-corrected chi connectivity index (χ0v) is 20.2. The number of quaternary nitrogens is 1. The molecule has 0 atom stereocenters. The van der Waals surface area contributed by atoms with Gasteiger partial charge in [-0.1, -0.05) is 77.1 Å². The molecule has 166 valence electrons. The highest BCUT2D eigenvalue weighted by Gasteiger charge is 2.27. The monoisotopic (exact) mass is 412 g/mol. The van der Waals surface area contributed by atoms with Crippen LogP contribution < -0.4 is 4.74 Å². The van der Waals surface area contributed by atoms with Crippen molar-refractivity contribution in [1.82, 2.24) is 0 Å². The molecular weight excluding hydrogens is 370 g/mol. The lowest BCUT2D eigenvalue weighted by Gasteiger charge is -2.33. The van der Waals surface area contributed by atoms with Crippen LogP contribution in [0.5, 0.6) is 5.75 Å². The molecule has 0 saturated carbocycles. The first kappa shape index (κ1) is 24.4. The molecule has 0 N–H and O–H groups in total. The first-order valence-electron chi connectivity index (χ1n) is 11.1. The van der Waals surface area contributed by atoms with E-state index in [1.165, 1.54) is 17.5 Å². The van der Waals surface area contributed by atoms with Crippen LogP contribution in [0.15, 0.2) is 54.6 Å². The van der Waals surface area contributed by atoms with E-state index >= 15 is 0 Å². The van der Waals surface area contributed by atoms with E-state index in [4.69, 9.17) is 9.47 Å². The molecule has 30 heavy (non-hydrogen) atoms. The van der Waals surface area contributed by atoms with Crippen molar-refractivity contribution in [1.29, 1.82) is 0 Å². The van der Waals surface area contributed by atoms with Crippen molar-refractivity contribution in [2.24, 2.45) is 5.41 Å². The average molecular weight is 413 g/mol. The Labute approximate surface area is 184 Å². The summed E-state index contributed by atoms with van der Waals surface area (Å²) in [6, 6.07) is 19.1. The van der Waals surface area contributed by atoms with Crippen LogP contribution in [-0.2, 0) is 16.7 Å². The topological polar surface area (TPSA) is 18.5 Å². The first-order chi connectivity index (χ1) is 14.0. The fourth-order valence-electron chi connectivity index (χ4n) is 4.21. The van der Waals surface area contributed by atoms with Crippen LogP contribution in [0.4, 0.5) is 0 Å². The molecule has 0 saturated heterocycles. The number of nitrogens with zero attached hydrogens (tertiary/aromatic N) is 1. The van der Waals surface area contributed by atoms with Gasteiger partial charge in [0.05, 0.1) is 27.3 Å². The molecular formula is C27H42NO2+. The second kappa shape index (κ2) is 10.5. The summed E-state index contributed by atoms with van der Waals surface area (Å²) in [6.07, 6.45) is 1.17. The lowest BCUT2D eigenvalue weighted by molar-refractivity contribution is -0.904. The van der Waals surface area contributed by atoms with Gasteiger partial charge < -0.3 is 14.0 Å². The first-order valence-corrected chi connectivity index (χ1v) is 11.1. The van der Waals surface area contributed by atoms with Crippen LogP contribution in [0.3, 0.4) is 0 Å². The van der Waals surface area contributed by atoms with E-state index in [0.717, 1.165) is 29.9 Å². The van der Waals surface area contributed by atoms with Crippen LogP contribution in [-0.4, -0.2) is 44.9 Å². The van der Waals surface area contributed by atoms with Crippen molar-refractivity contribution in [3.05, 3.63) is 65.7 Å². The van der Waals surface area contributed by atoms with Gasteiger partial charge in [-0.25, -0.2) is 0 Å².